The number of hydrogen-bond acceptors (Lipinski definition) is 8. The van der Waals surface area contributed by atoms with Gasteiger partial charge in [0.2, 0.25) is 5.76 Å². The molecule has 0 saturated carbocycles. The molecular formula is C17H27ClN2O7. The van der Waals surface area contributed by atoms with E-state index in [4.69, 9.17) is 41.1 Å². The number of nitrogens with two attached hydrogens (primary N) is 1. The minimum Gasteiger partial charge on any atom is -0.463 e. The quantitative estimate of drug-likeness (QED) is 0.0797. The van der Waals surface area contributed by atoms with Crippen molar-refractivity contribution >= 4 is 29.4 Å². The fourth-order valence-electron chi connectivity index (χ4n) is 2.37. The Bertz CT molecular complexity index is 545. The zero-order valence-electron chi connectivity index (χ0n) is 15.7. The third-order valence-corrected chi connectivity index (χ3v) is 4.00. The number of carbonyl (C=O) groups is 2. The van der Waals surface area contributed by atoms with E-state index in [-0.39, 0.29) is 25.7 Å². The molecule has 0 aromatic rings. The molecule has 0 unspecified atom stereocenters. The van der Waals surface area contributed by atoms with Gasteiger partial charge in [-0.2, -0.15) is 0 Å². The molecule has 0 aromatic carbocycles. The Morgan fingerprint density at radius 2 is 1.89 bits per heavy atom. The Labute approximate surface area is 163 Å². The molecule has 0 spiro atoms. The van der Waals surface area contributed by atoms with Gasteiger partial charge in [-0.15, -0.1) is 11.6 Å². The summed E-state index contributed by atoms with van der Waals surface area (Å²) >= 11 is 5.65. The predicted octanol–water partition coefficient (Wildman–Crippen LogP) is 1.34. The third kappa shape index (κ3) is 7.74. The van der Waals surface area contributed by atoms with Crippen molar-refractivity contribution in [3.63, 3.8) is 0 Å². The summed E-state index contributed by atoms with van der Waals surface area (Å²) in [6, 6.07) is 0. The molecule has 1 saturated heterocycles. The van der Waals surface area contributed by atoms with Gasteiger partial charge < -0.3 is 29.5 Å². The van der Waals surface area contributed by atoms with Crippen molar-refractivity contribution in [3.8, 4) is 0 Å². The first-order valence-corrected chi connectivity index (χ1v) is 9.30. The van der Waals surface area contributed by atoms with Crippen LogP contribution in [-0.4, -0.2) is 63.3 Å². The van der Waals surface area contributed by atoms with Crippen LogP contribution in [0.5, 0.6) is 0 Å². The van der Waals surface area contributed by atoms with Crippen molar-refractivity contribution in [2.45, 2.75) is 26.7 Å². The molecule has 1 aliphatic heterocycles. The largest absolute Gasteiger partial charge is 0.463 e. The van der Waals surface area contributed by atoms with Crippen LogP contribution in [0.1, 0.15) is 26.7 Å². The zero-order valence-corrected chi connectivity index (χ0v) is 16.5. The van der Waals surface area contributed by atoms with Crippen molar-refractivity contribution in [1.29, 1.82) is 0 Å². The van der Waals surface area contributed by atoms with Crippen LogP contribution in [0.3, 0.4) is 0 Å². The van der Waals surface area contributed by atoms with Crippen LogP contribution in [0, 0.1) is 5.41 Å². The average molecular weight is 407 g/mol. The lowest BCUT2D eigenvalue weighted by molar-refractivity contribution is -0.144. The van der Waals surface area contributed by atoms with Gasteiger partial charge in [-0.05, 0) is 26.7 Å². The van der Waals surface area contributed by atoms with Gasteiger partial charge in [0.05, 0.1) is 37.9 Å². The van der Waals surface area contributed by atoms with Crippen molar-refractivity contribution in [3.05, 3.63) is 11.8 Å². The van der Waals surface area contributed by atoms with Crippen LogP contribution in [0.25, 0.3) is 0 Å². The number of hydrogen-bond donors (Lipinski definition) is 1. The number of halogens is 1. The van der Waals surface area contributed by atoms with E-state index < -0.39 is 23.1 Å². The Morgan fingerprint density at radius 1 is 1.22 bits per heavy atom. The molecule has 0 aromatic heterocycles. The Hall–Kier alpha value is -1.84. The standard InChI is InChI=1S/C17H27ClN2O7/c1-3-25-14(21)11-13(15(22)26-4-2)27-20-16(19)17(12-24-10-7-18)5-8-23-9-6-17/h11H,3-10,12H2,1-2H3,(H2,19,20)/b13-11+. The Morgan fingerprint density at radius 3 is 2.48 bits per heavy atom. The van der Waals surface area contributed by atoms with E-state index in [1.54, 1.807) is 13.8 Å². The molecule has 1 aliphatic rings. The van der Waals surface area contributed by atoms with E-state index in [2.05, 4.69) is 5.16 Å². The van der Waals surface area contributed by atoms with Crippen molar-refractivity contribution in [1.82, 2.24) is 0 Å². The topological polar surface area (TPSA) is 119 Å². The maximum atomic E-state index is 12.0. The van der Waals surface area contributed by atoms with Gasteiger partial charge in [0.15, 0.2) is 0 Å². The highest BCUT2D eigenvalue weighted by atomic mass is 35.5. The van der Waals surface area contributed by atoms with Crippen LogP contribution < -0.4 is 5.73 Å². The first-order valence-electron chi connectivity index (χ1n) is 8.77. The number of alkyl halides is 1. The van der Waals surface area contributed by atoms with E-state index in [1.807, 2.05) is 0 Å². The fourth-order valence-corrected chi connectivity index (χ4v) is 2.48. The molecule has 0 aliphatic carbocycles. The molecule has 1 heterocycles. The molecule has 0 atom stereocenters. The summed E-state index contributed by atoms with van der Waals surface area (Å²) in [7, 11) is 0. The van der Waals surface area contributed by atoms with Crippen LogP contribution in [0.15, 0.2) is 17.0 Å². The van der Waals surface area contributed by atoms with Gasteiger partial charge in [-0.1, -0.05) is 5.16 Å². The lowest BCUT2D eigenvalue weighted by Gasteiger charge is -2.35. The minimum atomic E-state index is -0.846. The van der Waals surface area contributed by atoms with Crippen LogP contribution in [0.2, 0.25) is 0 Å². The second-order valence-electron chi connectivity index (χ2n) is 5.68. The predicted molar refractivity (Wildman–Crippen MR) is 98.1 cm³/mol. The van der Waals surface area contributed by atoms with E-state index in [1.165, 1.54) is 0 Å². The molecule has 1 fully saturated rings. The van der Waals surface area contributed by atoms with Crippen molar-refractivity contribution in [2.75, 3.05) is 45.5 Å². The highest BCUT2D eigenvalue weighted by Crippen LogP contribution is 2.31. The van der Waals surface area contributed by atoms with E-state index >= 15 is 0 Å². The molecule has 0 amide bonds. The lowest BCUT2D eigenvalue weighted by Crippen LogP contribution is -2.45. The molecule has 10 heteroatoms. The Kier molecular flexibility index (Phi) is 10.8. The maximum Gasteiger partial charge on any atom is 0.377 e. The second-order valence-corrected chi connectivity index (χ2v) is 6.06. The van der Waals surface area contributed by atoms with Crippen molar-refractivity contribution in [2.24, 2.45) is 16.3 Å². The number of oxime groups is 1. The molecular weight excluding hydrogens is 380 g/mol. The minimum absolute atomic E-state index is 0.106. The van der Waals surface area contributed by atoms with Gasteiger partial charge in [-0.25, -0.2) is 9.59 Å². The monoisotopic (exact) mass is 406 g/mol. The van der Waals surface area contributed by atoms with Gasteiger partial charge in [0.1, 0.15) is 5.84 Å². The van der Waals surface area contributed by atoms with Crippen LogP contribution in [0.4, 0.5) is 0 Å². The highest BCUT2D eigenvalue weighted by Gasteiger charge is 2.38. The summed E-state index contributed by atoms with van der Waals surface area (Å²) < 4.78 is 20.6. The summed E-state index contributed by atoms with van der Waals surface area (Å²) in [6.45, 7) is 5.17. The number of ether oxygens (including phenoxy) is 4. The molecule has 9 nitrogen and oxygen atoms in total. The summed E-state index contributed by atoms with van der Waals surface area (Å²) in [5.74, 6) is -1.52. The summed E-state index contributed by atoms with van der Waals surface area (Å²) in [6.07, 6.45) is 2.02. The maximum absolute atomic E-state index is 12.0. The van der Waals surface area contributed by atoms with Gasteiger partial charge in [0, 0.05) is 19.1 Å². The van der Waals surface area contributed by atoms with Gasteiger partial charge in [0.25, 0.3) is 0 Å². The van der Waals surface area contributed by atoms with E-state index in [0.29, 0.717) is 38.5 Å². The number of esters is 2. The van der Waals surface area contributed by atoms with Crippen LogP contribution >= 0.6 is 11.6 Å². The molecule has 1 rings (SSSR count). The SMILES string of the molecule is CCOC(=O)/C=C(/O/N=C(\N)C1(COCCCl)CCOCC1)C(=O)OCC. The fraction of sp³-hybridized carbons (Fsp3) is 0.706. The molecule has 0 radical (unpaired) electrons. The second kappa shape index (κ2) is 12.5. The normalized spacial score (nSPS) is 17.3. The number of nitrogens with zero attached hydrogens (tertiary/aromatic N) is 1. The number of rotatable bonds is 11. The first-order chi connectivity index (χ1) is 13.0. The molecule has 0 bridgehead atoms. The summed E-state index contributed by atoms with van der Waals surface area (Å²) in [5, 5.41) is 3.86. The lowest BCUT2D eigenvalue weighted by atomic mass is 9.80. The average Bonchev–Trinajstić information content (AvgIpc) is 2.66. The summed E-state index contributed by atoms with van der Waals surface area (Å²) in [5.41, 5.74) is 5.54. The van der Waals surface area contributed by atoms with Crippen LogP contribution in [-0.2, 0) is 33.4 Å². The Balaban J connectivity index is 2.95. The number of amidine groups is 1. The highest BCUT2D eigenvalue weighted by molar-refractivity contribution is 6.17. The third-order valence-electron chi connectivity index (χ3n) is 3.85. The molecule has 27 heavy (non-hydrogen) atoms. The molecule has 2 N–H and O–H groups in total. The van der Waals surface area contributed by atoms with Crippen molar-refractivity contribution < 1.29 is 33.4 Å². The smallest absolute Gasteiger partial charge is 0.377 e. The number of carbonyl (C=O) groups excluding carboxylic acids is 2. The zero-order chi connectivity index (χ0) is 20.1. The first kappa shape index (κ1) is 23.2. The summed E-state index contributed by atoms with van der Waals surface area (Å²) in [4.78, 5) is 28.7. The molecule has 154 valence electrons. The van der Waals surface area contributed by atoms with E-state index in [9.17, 15) is 9.59 Å². The van der Waals surface area contributed by atoms with Gasteiger partial charge >= 0.3 is 11.9 Å². The van der Waals surface area contributed by atoms with E-state index in [0.717, 1.165) is 6.08 Å². The van der Waals surface area contributed by atoms with Gasteiger partial charge in [-0.3, -0.25) is 0 Å².